The molecule has 2 bridgehead atoms. The summed E-state index contributed by atoms with van der Waals surface area (Å²) >= 11 is 0. The number of aliphatic hydroxyl groups is 1. The highest BCUT2D eigenvalue weighted by molar-refractivity contribution is 5.76. The molecule has 2 rings (SSSR count). The monoisotopic (exact) mass is 506 g/mol. The Labute approximate surface area is 196 Å². The molecule has 4 unspecified atom stereocenters. The first-order chi connectivity index (χ1) is 15.1. The van der Waals surface area contributed by atoms with Gasteiger partial charge in [-0.2, -0.15) is 26.3 Å². The molecule has 2 fully saturated rings. The van der Waals surface area contributed by atoms with Gasteiger partial charge in [0.2, 0.25) is 0 Å². The molecule has 2 aliphatic carbocycles. The Morgan fingerprint density at radius 1 is 0.853 bits per heavy atom. The van der Waals surface area contributed by atoms with Crippen LogP contribution in [0.25, 0.3) is 0 Å². The fraction of sp³-hybridized carbons (Fsp3) is 0.913. The van der Waals surface area contributed by atoms with Gasteiger partial charge in [0.15, 0.2) is 0 Å². The SMILES string of the molecule is CCC(C)(C)C(=O)O.CCC(C)(C)C(=O)OC1CC2CC(CC(O)(C(F)(F)F)C(F)(F)F)C1C2. The Hall–Kier alpha value is -1.52. The highest BCUT2D eigenvalue weighted by Crippen LogP contribution is 2.56. The van der Waals surface area contributed by atoms with Crippen LogP contribution in [-0.2, 0) is 14.3 Å². The van der Waals surface area contributed by atoms with Crippen LogP contribution in [0.4, 0.5) is 26.3 Å². The van der Waals surface area contributed by atoms with Crippen LogP contribution in [0.1, 0.15) is 80.1 Å². The zero-order valence-corrected chi connectivity index (χ0v) is 20.4. The van der Waals surface area contributed by atoms with E-state index in [1.807, 2.05) is 6.92 Å². The van der Waals surface area contributed by atoms with Crippen LogP contribution in [0, 0.1) is 28.6 Å². The molecule has 5 nitrogen and oxygen atoms in total. The van der Waals surface area contributed by atoms with E-state index in [-0.39, 0.29) is 12.3 Å². The third-order valence-electron chi connectivity index (χ3n) is 7.54. The van der Waals surface area contributed by atoms with Crippen LogP contribution >= 0.6 is 0 Å². The van der Waals surface area contributed by atoms with Crippen molar-refractivity contribution < 1.29 is 50.9 Å². The van der Waals surface area contributed by atoms with Crippen molar-refractivity contribution in [2.75, 3.05) is 0 Å². The van der Waals surface area contributed by atoms with Crippen molar-refractivity contribution in [3.63, 3.8) is 0 Å². The molecular formula is C23H36F6O5. The van der Waals surface area contributed by atoms with Gasteiger partial charge in [0.05, 0.1) is 10.8 Å². The number of aliphatic carboxylic acids is 1. The Morgan fingerprint density at radius 3 is 1.65 bits per heavy atom. The molecule has 0 heterocycles. The molecule has 4 atom stereocenters. The number of hydrogen-bond donors (Lipinski definition) is 2. The molecule has 0 aromatic heterocycles. The molecule has 0 saturated heterocycles. The Morgan fingerprint density at radius 2 is 1.32 bits per heavy atom. The average Bonchev–Trinajstić information content (AvgIpc) is 3.26. The number of carboxylic acids is 1. The molecule has 0 aromatic rings. The summed E-state index contributed by atoms with van der Waals surface area (Å²) in [5.74, 6) is -2.89. The summed E-state index contributed by atoms with van der Waals surface area (Å²) < 4.78 is 83.1. The number of carboxylic acid groups (broad SMARTS) is 1. The second-order valence-electron chi connectivity index (χ2n) is 10.8. The highest BCUT2D eigenvalue weighted by Gasteiger charge is 2.71. The van der Waals surface area contributed by atoms with Crippen molar-refractivity contribution in [3.8, 4) is 0 Å². The van der Waals surface area contributed by atoms with E-state index in [4.69, 9.17) is 9.84 Å². The first kappa shape index (κ1) is 30.5. The van der Waals surface area contributed by atoms with E-state index >= 15 is 0 Å². The normalized spacial score (nSPS) is 25.6. The summed E-state index contributed by atoms with van der Waals surface area (Å²) in [6, 6.07) is 0. The number of alkyl halides is 6. The standard InChI is InChI=1S/C17H24F6O3.C6H12O2/c1-4-14(2,3)13(24)26-12-7-9-5-10(11(12)6-9)8-15(25,16(18,19)20)17(21,22)23;1-4-6(2,3)5(7)8/h9-12,25H,4-8H2,1-3H3;4H2,1-3H3,(H,7,8). The predicted octanol–water partition coefficient (Wildman–Crippen LogP) is 6.13. The number of halogens is 6. The van der Waals surface area contributed by atoms with E-state index in [1.54, 1.807) is 34.6 Å². The minimum absolute atomic E-state index is 0.0849. The van der Waals surface area contributed by atoms with E-state index in [2.05, 4.69) is 0 Å². The summed E-state index contributed by atoms with van der Waals surface area (Å²) in [7, 11) is 0. The number of fused-ring (bicyclic) bond motifs is 2. The lowest BCUT2D eigenvalue weighted by molar-refractivity contribution is -0.373. The summed E-state index contributed by atoms with van der Waals surface area (Å²) in [4.78, 5) is 22.5. The highest BCUT2D eigenvalue weighted by atomic mass is 19.4. The molecule has 200 valence electrons. The number of hydrogen-bond acceptors (Lipinski definition) is 4. The van der Waals surface area contributed by atoms with Gasteiger partial charge in [-0.15, -0.1) is 0 Å². The van der Waals surface area contributed by atoms with Gasteiger partial charge in [0.25, 0.3) is 5.60 Å². The van der Waals surface area contributed by atoms with Gasteiger partial charge in [-0.3, -0.25) is 9.59 Å². The van der Waals surface area contributed by atoms with Crippen molar-refractivity contribution in [2.24, 2.45) is 28.6 Å². The minimum atomic E-state index is -5.82. The van der Waals surface area contributed by atoms with Crippen molar-refractivity contribution in [1.82, 2.24) is 0 Å². The van der Waals surface area contributed by atoms with E-state index in [0.29, 0.717) is 25.7 Å². The van der Waals surface area contributed by atoms with E-state index in [0.717, 1.165) is 0 Å². The molecule has 0 spiro atoms. The summed E-state index contributed by atoms with van der Waals surface area (Å²) in [5, 5.41) is 17.9. The number of rotatable bonds is 7. The summed E-state index contributed by atoms with van der Waals surface area (Å²) in [6.07, 6.45) is -11.6. The number of ether oxygens (including phenoxy) is 1. The van der Waals surface area contributed by atoms with Crippen molar-refractivity contribution in [3.05, 3.63) is 0 Å². The van der Waals surface area contributed by atoms with E-state index < -0.39 is 65.1 Å². The van der Waals surface area contributed by atoms with Crippen molar-refractivity contribution in [1.29, 1.82) is 0 Å². The van der Waals surface area contributed by atoms with Crippen LogP contribution in [0.2, 0.25) is 0 Å². The third-order valence-corrected chi connectivity index (χ3v) is 7.54. The predicted molar refractivity (Wildman–Crippen MR) is 112 cm³/mol. The topological polar surface area (TPSA) is 83.8 Å². The lowest BCUT2D eigenvalue weighted by Crippen LogP contribution is -2.58. The lowest BCUT2D eigenvalue weighted by Gasteiger charge is -2.38. The van der Waals surface area contributed by atoms with Crippen molar-refractivity contribution >= 4 is 11.9 Å². The fourth-order valence-corrected chi connectivity index (χ4v) is 4.16. The van der Waals surface area contributed by atoms with E-state index in [9.17, 15) is 41.0 Å². The molecular weight excluding hydrogens is 470 g/mol. The molecule has 2 aliphatic rings. The zero-order chi connectivity index (χ0) is 26.9. The van der Waals surface area contributed by atoms with Gasteiger partial charge in [-0.25, -0.2) is 0 Å². The first-order valence-corrected chi connectivity index (χ1v) is 11.4. The third kappa shape index (κ3) is 6.57. The maximum Gasteiger partial charge on any atom is 0.426 e. The smallest absolute Gasteiger partial charge is 0.426 e. The molecule has 2 saturated carbocycles. The summed E-state index contributed by atoms with van der Waals surface area (Å²) in [6.45, 7) is 10.4. The van der Waals surface area contributed by atoms with Gasteiger partial charge in [-0.1, -0.05) is 13.8 Å². The Bertz CT molecular complexity index is 714. The molecule has 11 heteroatoms. The van der Waals surface area contributed by atoms with Crippen LogP contribution in [-0.4, -0.2) is 46.2 Å². The summed E-state index contributed by atoms with van der Waals surface area (Å²) in [5.41, 5.74) is -6.05. The molecule has 34 heavy (non-hydrogen) atoms. The second-order valence-corrected chi connectivity index (χ2v) is 10.8. The van der Waals surface area contributed by atoms with Crippen molar-refractivity contribution in [2.45, 2.75) is 104 Å². The average molecular weight is 507 g/mol. The minimum Gasteiger partial charge on any atom is -0.481 e. The van der Waals surface area contributed by atoms with Crippen LogP contribution in [0.3, 0.4) is 0 Å². The number of esters is 1. The lowest BCUT2D eigenvalue weighted by atomic mass is 9.78. The Balaban J connectivity index is 0.000000620. The van der Waals surface area contributed by atoms with Gasteiger partial charge in [0, 0.05) is 0 Å². The first-order valence-electron chi connectivity index (χ1n) is 11.4. The molecule has 0 amide bonds. The van der Waals surface area contributed by atoms with Crippen LogP contribution < -0.4 is 0 Å². The second kappa shape index (κ2) is 10.2. The van der Waals surface area contributed by atoms with Gasteiger partial charge < -0.3 is 14.9 Å². The Kier molecular flexibility index (Phi) is 9.18. The van der Waals surface area contributed by atoms with Gasteiger partial charge in [0.1, 0.15) is 6.10 Å². The van der Waals surface area contributed by atoms with Crippen LogP contribution in [0.15, 0.2) is 0 Å². The number of carbonyl (C=O) groups excluding carboxylic acids is 1. The maximum absolute atomic E-state index is 12.9. The molecule has 0 aromatic carbocycles. The number of carbonyl (C=O) groups is 2. The molecule has 2 N–H and O–H groups in total. The zero-order valence-electron chi connectivity index (χ0n) is 20.4. The maximum atomic E-state index is 12.9. The fourth-order valence-electron chi connectivity index (χ4n) is 4.16. The van der Waals surface area contributed by atoms with Gasteiger partial charge >= 0.3 is 24.3 Å². The molecule has 0 aliphatic heterocycles. The largest absolute Gasteiger partial charge is 0.481 e. The van der Waals surface area contributed by atoms with E-state index in [1.165, 1.54) is 0 Å². The van der Waals surface area contributed by atoms with Crippen LogP contribution in [0.5, 0.6) is 0 Å². The molecule has 0 radical (unpaired) electrons. The quantitative estimate of drug-likeness (QED) is 0.320. The van der Waals surface area contributed by atoms with Gasteiger partial charge in [-0.05, 0) is 84.0 Å².